The topological polar surface area (TPSA) is 90.0 Å². The van der Waals surface area contributed by atoms with Crippen molar-refractivity contribution in [3.63, 3.8) is 0 Å². The Balaban J connectivity index is 1.75. The third-order valence-corrected chi connectivity index (χ3v) is 7.26. The summed E-state index contributed by atoms with van der Waals surface area (Å²) < 4.78 is 3.57. The standard InChI is InChI=1S/C28H21Cl2N7O/c1-17(38)32-28(26-15-31-16-36(26)2,23-8-3-4-9-24(23)30)19-10-11-25-22(13-19)21(14-27-33-34-35-37(25)27)18-6-5-7-20(29)12-18/h3-16H,1-2H3,(H,32,38). The number of carbonyl (C=O) groups is 1. The maximum absolute atomic E-state index is 12.8. The smallest absolute Gasteiger partial charge is 0.218 e. The Bertz CT molecular complexity index is 1840. The number of amides is 1. The third kappa shape index (κ3) is 3.81. The van der Waals surface area contributed by atoms with Crippen molar-refractivity contribution in [2.75, 3.05) is 0 Å². The zero-order chi connectivity index (χ0) is 26.4. The van der Waals surface area contributed by atoms with Crippen LogP contribution in [0.4, 0.5) is 0 Å². The number of aromatic nitrogens is 6. The summed E-state index contributed by atoms with van der Waals surface area (Å²) in [6.07, 6.45) is 3.44. The number of rotatable bonds is 5. The summed E-state index contributed by atoms with van der Waals surface area (Å²) in [6, 6.07) is 23.0. The number of halogens is 2. The van der Waals surface area contributed by atoms with Crippen LogP contribution in [0.3, 0.4) is 0 Å². The van der Waals surface area contributed by atoms with Gasteiger partial charge in [-0.3, -0.25) is 4.79 Å². The van der Waals surface area contributed by atoms with Crippen molar-refractivity contribution in [3.05, 3.63) is 112 Å². The largest absolute Gasteiger partial charge is 0.337 e. The highest BCUT2D eigenvalue weighted by molar-refractivity contribution is 6.31. The minimum atomic E-state index is -1.15. The summed E-state index contributed by atoms with van der Waals surface area (Å²) in [7, 11) is 1.89. The third-order valence-electron chi connectivity index (χ3n) is 6.69. The summed E-state index contributed by atoms with van der Waals surface area (Å²) in [6.45, 7) is 1.49. The van der Waals surface area contributed by atoms with Gasteiger partial charge in [0.05, 0.1) is 23.7 Å². The highest BCUT2D eigenvalue weighted by Gasteiger charge is 2.41. The lowest BCUT2D eigenvalue weighted by Gasteiger charge is -2.36. The van der Waals surface area contributed by atoms with Gasteiger partial charge in [0.1, 0.15) is 5.54 Å². The van der Waals surface area contributed by atoms with Gasteiger partial charge in [0.25, 0.3) is 0 Å². The van der Waals surface area contributed by atoms with Crippen LogP contribution >= 0.6 is 23.2 Å². The average molecular weight is 542 g/mol. The van der Waals surface area contributed by atoms with Gasteiger partial charge in [-0.2, -0.15) is 4.52 Å². The van der Waals surface area contributed by atoms with Crippen LogP contribution in [-0.4, -0.2) is 35.5 Å². The second kappa shape index (κ2) is 9.24. The molecule has 0 aliphatic carbocycles. The molecule has 3 heterocycles. The Morgan fingerprint density at radius 2 is 1.84 bits per heavy atom. The van der Waals surface area contributed by atoms with Crippen LogP contribution in [0.5, 0.6) is 0 Å². The molecule has 6 aromatic rings. The normalized spacial score (nSPS) is 13.1. The van der Waals surface area contributed by atoms with Gasteiger partial charge >= 0.3 is 0 Å². The summed E-state index contributed by atoms with van der Waals surface area (Å²) in [5.74, 6) is -0.225. The van der Waals surface area contributed by atoms with Crippen molar-refractivity contribution in [3.8, 4) is 11.1 Å². The van der Waals surface area contributed by atoms with Crippen LogP contribution in [0.2, 0.25) is 10.0 Å². The summed E-state index contributed by atoms with van der Waals surface area (Å²) in [5, 5.41) is 17.5. The molecular weight excluding hydrogens is 521 g/mol. The molecule has 1 atom stereocenters. The number of tetrazole rings is 1. The van der Waals surface area contributed by atoms with E-state index in [1.165, 1.54) is 6.92 Å². The molecule has 8 nitrogen and oxygen atoms in total. The SMILES string of the molecule is CC(=O)NC(c1ccc2c(c1)c(-c1cccc(Cl)c1)cc1nnnn12)(c1ccccc1Cl)c1cncn1C. The predicted octanol–water partition coefficient (Wildman–Crippen LogP) is 5.41. The Morgan fingerprint density at radius 3 is 2.58 bits per heavy atom. The fourth-order valence-electron chi connectivity index (χ4n) is 5.12. The lowest BCUT2D eigenvalue weighted by atomic mass is 9.79. The number of aryl methyl sites for hydroxylation is 1. The Kier molecular flexibility index (Phi) is 5.86. The average Bonchev–Trinajstić information content (AvgIpc) is 3.56. The molecule has 0 fully saturated rings. The lowest BCUT2D eigenvalue weighted by molar-refractivity contribution is -0.120. The quantitative estimate of drug-likeness (QED) is 0.315. The van der Waals surface area contributed by atoms with E-state index in [1.807, 2.05) is 84.4 Å². The van der Waals surface area contributed by atoms with Crippen molar-refractivity contribution in [1.82, 2.24) is 34.9 Å². The van der Waals surface area contributed by atoms with Gasteiger partial charge in [-0.05, 0) is 63.5 Å². The van der Waals surface area contributed by atoms with Crippen LogP contribution in [0.15, 0.2) is 85.3 Å². The van der Waals surface area contributed by atoms with E-state index < -0.39 is 5.54 Å². The van der Waals surface area contributed by atoms with Gasteiger partial charge in [0.2, 0.25) is 5.91 Å². The summed E-state index contributed by atoms with van der Waals surface area (Å²) in [4.78, 5) is 17.2. The fraction of sp³-hybridized carbons (Fsp3) is 0.107. The molecule has 0 saturated carbocycles. The van der Waals surface area contributed by atoms with Gasteiger partial charge in [-0.15, -0.1) is 5.10 Å². The number of benzene rings is 3. The van der Waals surface area contributed by atoms with E-state index in [2.05, 4.69) is 25.8 Å². The fourth-order valence-corrected chi connectivity index (χ4v) is 5.59. The molecule has 3 aromatic carbocycles. The number of imidazole rings is 1. The van der Waals surface area contributed by atoms with Crippen LogP contribution in [0, 0.1) is 0 Å². The van der Waals surface area contributed by atoms with Crippen LogP contribution < -0.4 is 5.32 Å². The molecule has 38 heavy (non-hydrogen) atoms. The van der Waals surface area contributed by atoms with Gasteiger partial charge in [0, 0.05) is 35.0 Å². The lowest BCUT2D eigenvalue weighted by Crippen LogP contribution is -2.48. The van der Waals surface area contributed by atoms with Crippen molar-refractivity contribution in [2.45, 2.75) is 12.5 Å². The minimum Gasteiger partial charge on any atom is -0.337 e. The molecule has 1 unspecified atom stereocenters. The van der Waals surface area contributed by atoms with Crippen LogP contribution in [0.1, 0.15) is 23.7 Å². The first-order valence-corrected chi connectivity index (χ1v) is 12.6. The number of hydrogen-bond donors (Lipinski definition) is 1. The summed E-state index contributed by atoms with van der Waals surface area (Å²) >= 11 is 13.2. The van der Waals surface area contributed by atoms with Gasteiger partial charge in [-0.25, -0.2) is 4.98 Å². The number of nitrogens with zero attached hydrogens (tertiary/aromatic N) is 6. The van der Waals surface area contributed by atoms with E-state index in [4.69, 9.17) is 23.2 Å². The number of hydrogen-bond acceptors (Lipinski definition) is 5. The Labute approximate surface area is 227 Å². The van der Waals surface area contributed by atoms with Crippen molar-refractivity contribution in [2.24, 2.45) is 7.05 Å². The van der Waals surface area contributed by atoms with E-state index in [-0.39, 0.29) is 5.91 Å². The molecular formula is C28H21Cl2N7O. The maximum atomic E-state index is 12.8. The van der Waals surface area contributed by atoms with Crippen LogP contribution in [0.25, 0.3) is 27.7 Å². The zero-order valence-corrected chi connectivity index (χ0v) is 21.9. The van der Waals surface area contributed by atoms with Gasteiger partial charge in [0.15, 0.2) is 5.65 Å². The molecule has 188 valence electrons. The number of nitrogens with one attached hydrogen (secondary N) is 1. The van der Waals surface area contributed by atoms with Gasteiger partial charge in [-0.1, -0.05) is 59.6 Å². The first kappa shape index (κ1) is 24.1. The van der Waals surface area contributed by atoms with E-state index in [1.54, 1.807) is 17.0 Å². The first-order chi connectivity index (χ1) is 18.4. The number of carbonyl (C=O) groups excluding carboxylic acids is 1. The molecule has 0 radical (unpaired) electrons. The molecule has 10 heteroatoms. The van der Waals surface area contributed by atoms with E-state index in [0.717, 1.165) is 33.3 Å². The molecule has 3 aromatic heterocycles. The van der Waals surface area contributed by atoms with E-state index >= 15 is 0 Å². The van der Waals surface area contributed by atoms with Crippen LogP contribution in [-0.2, 0) is 17.4 Å². The van der Waals surface area contributed by atoms with Gasteiger partial charge < -0.3 is 9.88 Å². The maximum Gasteiger partial charge on any atom is 0.218 e. The molecule has 0 spiro atoms. The number of fused-ring (bicyclic) bond motifs is 3. The van der Waals surface area contributed by atoms with Crippen molar-refractivity contribution < 1.29 is 4.79 Å². The van der Waals surface area contributed by atoms with Crippen molar-refractivity contribution in [1.29, 1.82) is 0 Å². The van der Waals surface area contributed by atoms with E-state index in [0.29, 0.717) is 21.3 Å². The second-order valence-electron chi connectivity index (χ2n) is 9.05. The minimum absolute atomic E-state index is 0.225. The molecule has 1 N–H and O–H groups in total. The molecule has 0 aliphatic rings. The first-order valence-electron chi connectivity index (χ1n) is 11.8. The molecule has 0 saturated heterocycles. The second-order valence-corrected chi connectivity index (χ2v) is 9.89. The van der Waals surface area contributed by atoms with Crippen molar-refractivity contribution >= 4 is 45.7 Å². The zero-order valence-electron chi connectivity index (χ0n) is 20.4. The highest BCUT2D eigenvalue weighted by Crippen LogP contribution is 2.42. The Hall–Kier alpha value is -4.27. The highest BCUT2D eigenvalue weighted by atomic mass is 35.5. The summed E-state index contributed by atoms with van der Waals surface area (Å²) in [5.41, 5.74) is 4.30. The van der Waals surface area contributed by atoms with E-state index in [9.17, 15) is 4.79 Å². The molecule has 1 amide bonds. The predicted molar refractivity (Wildman–Crippen MR) is 147 cm³/mol. The Morgan fingerprint density at radius 1 is 1.00 bits per heavy atom. The molecule has 0 aliphatic heterocycles. The number of pyridine rings is 1. The molecule has 0 bridgehead atoms. The molecule has 6 rings (SSSR count). The monoisotopic (exact) mass is 541 g/mol.